The number of hydrogen-bond donors (Lipinski definition) is 1. The van der Waals surface area contributed by atoms with Crippen LogP contribution in [-0.4, -0.2) is 24.5 Å². The number of likely N-dealkylation sites (tertiary alicyclic amines) is 1. The second kappa shape index (κ2) is 4.75. The number of nitrogens with two attached hydrogens (primary N) is 1. The number of nitrogens with zero attached hydrogens (tertiary/aromatic N) is 1. The van der Waals surface area contributed by atoms with Crippen LogP contribution in [0, 0.1) is 18.2 Å². The maximum atomic E-state index is 13.2. The first-order valence-corrected chi connectivity index (χ1v) is 6.20. The molecule has 0 amide bonds. The first-order chi connectivity index (χ1) is 8.02. The molecule has 17 heavy (non-hydrogen) atoms. The van der Waals surface area contributed by atoms with Crippen LogP contribution in [0.25, 0.3) is 0 Å². The molecule has 1 fully saturated rings. The molecule has 0 spiro atoms. The molecule has 0 bridgehead atoms. The molecule has 1 aromatic rings. The molecule has 1 unspecified atom stereocenters. The smallest absolute Gasteiger partial charge is 0.126 e. The predicted molar refractivity (Wildman–Crippen MR) is 68.2 cm³/mol. The fourth-order valence-electron chi connectivity index (χ4n) is 2.49. The first-order valence-electron chi connectivity index (χ1n) is 6.20. The lowest BCUT2D eigenvalue weighted by atomic mass is 9.90. The van der Waals surface area contributed by atoms with E-state index in [1.807, 2.05) is 19.1 Å². The molecule has 0 aromatic heterocycles. The van der Waals surface area contributed by atoms with Crippen LogP contribution in [-0.2, 0) is 6.54 Å². The molecule has 1 aliphatic rings. The molecule has 1 atom stereocenters. The third kappa shape index (κ3) is 2.85. The topological polar surface area (TPSA) is 29.3 Å². The number of aryl methyl sites for hydroxylation is 1. The minimum Gasteiger partial charge on any atom is -0.330 e. The Bertz CT molecular complexity index is 405. The minimum absolute atomic E-state index is 0.123. The maximum absolute atomic E-state index is 13.2. The highest BCUT2D eigenvalue weighted by Crippen LogP contribution is 2.29. The van der Waals surface area contributed by atoms with Crippen LogP contribution in [0.4, 0.5) is 4.39 Å². The molecule has 1 aromatic carbocycles. The fourth-order valence-corrected chi connectivity index (χ4v) is 2.49. The zero-order valence-corrected chi connectivity index (χ0v) is 10.7. The summed E-state index contributed by atoms with van der Waals surface area (Å²) in [4.78, 5) is 2.40. The van der Waals surface area contributed by atoms with E-state index in [0.29, 0.717) is 0 Å². The third-order valence-corrected chi connectivity index (χ3v) is 3.76. The molecule has 1 aliphatic heterocycles. The van der Waals surface area contributed by atoms with E-state index in [4.69, 9.17) is 5.73 Å². The van der Waals surface area contributed by atoms with E-state index in [9.17, 15) is 4.39 Å². The van der Waals surface area contributed by atoms with Gasteiger partial charge < -0.3 is 5.73 Å². The van der Waals surface area contributed by atoms with Gasteiger partial charge in [0.25, 0.3) is 0 Å². The normalized spacial score (nSPS) is 25.4. The number of rotatable bonds is 3. The van der Waals surface area contributed by atoms with Crippen molar-refractivity contribution in [2.24, 2.45) is 11.1 Å². The molecule has 3 heteroatoms. The molecular weight excluding hydrogens is 215 g/mol. The van der Waals surface area contributed by atoms with Gasteiger partial charge in [0.05, 0.1) is 0 Å². The number of halogens is 1. The van der Waals surface area contributed by atoms with Crippen LogP contribution in [0.2, 0.25) is 0 Å². The quantitative estimate of drug-likeness (QED) is 0.872. The summed E-state index contributed by atoms with van der Waals surface area (Å²) in [5, 5.41) is 0. The van der Waals surface area contributed by atoms with Gasteiger partial charge in [0.15, 0.2) is 0 Å². The Kier molecular flexibility index (Phi) is 3.50. The lowest BCUT2D eigenvalue weighted by molar-refractivity contribution is 0.274. The van der Waals surface area contributed by atoms with E-state index in [2.05, 4.69) is 11.8 Å². The predicted octanol–water partition coefficient (Wildman–Crippen LogP) is 2.30. The molecule has 0 saturated carbocycles. The largest absolute Gasteiger partial charge is 0.330 e. The molecule has 0 radical (unpaired) electrons. The van der Waals surface area contributed by atoms with Crippen LogP contribution < -0.4 is 5.73 Å². The lowest BCUT2D eigenvalue weighted by Crippen LogP contribution is -2.31. The van der Waals surface area contributed by atoms with Crippen molar-refractivity contribution in [1.82, 2.24) is 4.90 Å². The van der Waals surface area contributed by atoms with Crippen LogP contribution >= 0.6 is 0 Å². The highest BCUT2D eigenvalue weighted by molar-refractivity contribution is 5.24. The van der Waals surface area contributed by atoms with Gasteiger partial charge in [0.1, 0.15) is 5.82 Å². The monoisotopic (exact) mass is 236 g/mol. The Balaban J connectivity index is 2.00. The molecular formula is C14H21FN2. The first kappa shape index (κ1) is 12.5. The number of benzene rings is 1. The molecule has 2 N–H and O–H groups in total. The summed E-state index contributed by atoms with van der Waals surface area (Å²) in [7, 11) is 0. The summed E-state index contributed by atoms with van der Waals surface area (Å²) in [6, 6.07) is 5.37. The van der Waals surface area contributed by atoms with E-state index in [1.54, 1.807) is 6.07 Å². The summed E-state index contributed by atoms with van der Waals surface area (Å²) < 4.78 is 13.2. The van der Waals surface area contributed by atoms with E-state index in [-0.39, 0.29) is 11.2 Å². The summed E-state index contributed by atoms with van der Waals surface area (Å²) in [5.41, 5.74) is 7.96. The fraction of sp³-hybridized carbons (Fsp3) is 0.571. The summed E-state index contributed by atoms with van der Waals surface area (Å²) >= 11 is 0. The van der Waals surface area contributed by atoms with E-state index >= 15 is 0 Å². The van der Waals surface area contributed by atoms with Crippen molar-refractivity contribution in [2.75, 3.05) is 19.6 Å². The summed E-state index contributed by atoms with van der Waals surface area (Å²) in [6.45, 7) is 7.82. The standard InChI is InChI=1S/C14H21FN2/c1-11-7-12(3-4-13(11)15)8-17-6-5-14(2,9-16)10-17/h3-4,7H,5-6,8-10,16H2,1-2H3. The van der Waals surface area contributed by atoms with Crippen molar-refractivity contribution in [3.05, 3.63) is 35.1 Å². The van der Waals surface area contributed by atoms with Crippen LogP contribution in [0.1, 0.15) is 24.5 Å². The van der Waals surface area contributed by atoms with Crippen molar-refractivity contribution >= 4 is 0 Å². The highest BCUT2D eigenvalue weighted by atomic mass is 19.1. The van der Waals surface area contributed by atoms with Crippen molar-refractivity contribution in [1.29, 1.82) is 0 Å². The number of hydrogen-bond acceptors (Lipinski definition) is 2. The van der Waals surface area contributed by atoms with Crippen LogP contribution in [0.3, 0.4) is 0 Å². The summed E-state index contributed by atoms with van der Waals surface area (Å²) in [6.07, 6.45) is 1.16. The zero-order valence-electron chi connectivity index (χ0n) is 10.7. The Morgan fingerprint density at radius 1 is 1.47 bits per heavy atom. The lowest BCUT2D eigenvalue weighted by Gasteiger charge is -2.22. The average molecular weight is 236 g/mol. The Morgan fingerprint density at radius 2 is 2.24 bits per heavy atom. The minimum atomic E-state index is -0.123. The second-order valence-corrected chi connectivity index (χ2v) is 5.56. The zero-order chi connectivity index (χ0) is 12.5. The average Bonchev–Trinajstić information content (AvgIpc) is 2.67. The van der Waals surface area contributed by atoms with Crippen LogP contribution in [0.15, 0.2) is 18.2 Å². The van der Waals surface area contributed by atoms with Gasteiger partial charge in [-0.3, -0.25) is 4.90 Å². The molecule has 0 aliphatic carbocycles. The SMILES string of the molecule is Cc1cc(CN2CCC(C)(CN)C2)ccc1F. The van der Waals surface area contributed by atoms with Gasteiger partial charge in [-0.1, -0.05) is 19.1 Å². The van der Waals surface area contributed by atoms with Crippen molar-refractivity contribution in [3.8, 4) is 0 Å². The van der Waals surface area contributed by atoms with Gasteiger partial charge in [-0.2, -0.15) is 0 Å². The third-order valence-electron chi connectivity index (χ3n) is 3.76. The molecule has 94 valence electrons. The Labute approximate surface area is 103 Å². The van der Waals surface area contributed by atoms with Crippen LogP contribution in [0.5, 0.6) is 0 Å². The maximum Gasteiger partial charge on any atom is 0.126 e. The van der Waals surface area contributed by atoms with E-state index < -0.39 is 0 Å². The second-order valence-electron chi connectivity index (χ2n) is 5.56. The van der Waals surface area contributed by atoms with Crippen molar-refractivity contribution in [3.63, 3.8) is 0 Å². The Hall–Kier alpha value is -0.930. The van der Waals surface area contributed by atoms with Gasteiger partial charge in [0, 0.05) is 13.1 Å². The van der Waals surface area contributed by atoms with Gasteiger partial charge in [-0.25, -0.2) is 4.39 Å². The van der Waals surface area contributed by atoms with Gasteiger partial charge in [-0.05, 0) is 49.0 Å². The van der Waals surface area contributed by atoms with E-state index in [1.165, 1.54) is 5.56 Å². The Morgan fingerprint density at radius 3 is 2.82 bits per heavy atom. The van der Waals surface area contributed by atoms with Gasteiger partial charge in [0.2, 0.25) is 0 Å². The van der Waals surface area contributed by atoms with Gasteiger partial charge in [-0.15, -0.1) is 0 Å². The van der Waals surface area contributed by atoms with E-state index in [0.717, 1.165) is 38.2 Å². The van der Waals surface area contributed by atoms with Gasteiger partial charge >= 0.3 is 0 Å². The van der Waals surface area contributed by atoms with Crippen molar-refractivity contribution < 1.29 is 4.39 Å². The van der Waals surface area contributed by atoms with Crippen molar-refractivity contribution in [2.45, 2.75) is 26.8 Å². The summed E-state index contributed by atoms with van der Waals surface area (Å²) in [5.74, 6) is -0.123. The molecule has 2 rings (SSSR count). The highest BCUT2D eigenvalue weighted by Gasteiger charge is 2.32. The molecule has 2 nitrogen and oxygen atoms in total. The molecule has 1 heterocycles. The molecule has 1 saturated heterocycles.